The number of ether oxygens (including phenoxy) is 1. The van der Waals surface area contributed by atoms with Gasteiger partial charge in [-0.25, -0.2) is 14.6 Å². The lowest BCUT2D eigenvalue weighted by Crippen LogP contribution is -2.44. The zero-order valence-electron chi connectivity index (χ0n) is 26.7. The molecular formula is C32H32ClN9O8. The fourth-order valence-corrected chi connectivity index (χ4v) is 5.26. The van der Waals surface area contributed by atoms with Gasteiger partial charge in [-0.1, -0.05) is 30.3 Å². The molecule has 0 radical (unpaired) electrons. The summed E-state index contributed by atoms with van der Waals surface area (Å²) >= 11 is 0. The van der Waals surface area contributed by atoms with E-state index in [1.54, 1.807) is 31.2 Å². The summed E-state index contributed by atoms with van der Waals surface area (Å²) in [6.45, 7) is 3.52. The van der Waals surface area contributed by atoms with Crippen LogP contribution in [0.25, 0.3) is 5.78 Å². The van der Waals surface area contributed by atoms with Gasteiger partial charge in [-0.05, 0) is 47.7 Å². The molecule has 3 aromatic carbocycles. The molecule has 2 aromatic heterocycles. The Balaban J connectivity index is 0.000000241. The molecule has 1 atom stereocenters. The molecule has 1 aliphatic heterocycles. The normalized spacial score (nSPS) is 12.6. The van der Waals surface area contributed by atoms with Crippen LogP contribution in [0, 0.1) is 0 Å². The first kappa shape index (κ1) is 36.6. The number of nitrogens with zero attached hydrogens (tertiary/aromatic N) is 5. The third-order valence-electron chi connectivity index (χ3n) is 7.92. The molecule has 5 aromatic rings. The number of rotatable bonds is 8. The van der Waals surface area contributed by atoms with Gasteiger partial charge in [-0.3, -0.25) is 19.2 Å². The number of nitrogens with two attached hydrogens (primary N) is 3. The third-order valence-corrected chi connectivity index (χ3v) is 7.92. The maximum Gasteiger partial charge on any atom is 0.354 e. The standard InChI is InChI=1S/C18H16N6O6.C14H15N3O2.ClH/c1-8(9-3-5-10(6-4-9)17(29)30-2)20-15(26)11-7-12(16(27)28)24-18(21-11)22-14(23-24)13(19)25;15-6-8-1-2-9-3-4-17(7-10(9)5-8)12-11(16)13(18)14(12)19;/h3-8H,1-2H3,(H2,19,25)(H,20,26)(H,27,28);1-2,5H,3-4,6-7,15-16H2;1H/t8-;;/m0../s1. The number of carboxylic acid groups (broad SMARTS) is 1. The van der Waals surface area contributed by atoms with Crippen LogP contribution in [0.1, 0.15) is 77.2 Å². The Morgan fingerprint density at radius 3 is 2.32 bits per heavy atom. The highest BCUT2D eigenvalue weighted by molar-refractivity contribution is 5.96. The molecular weight excluding hydrogens is 674 g/mol. The van der Waals surface area contributed by atoms with Crippen molar-refractivity contribution >= 4 is 53.3 Å². The monoisotopic (exact) mass is 705 g/mol. The Morgan fingerprint density at radius 2 is 1.72 bits per heavy atom. The van der Waals surface area contributed by atoms with Crippen molar-refractivity contribution in [3.8, 4) is 0 Å². The topological polar surface area (TPSA) is 268 Å². The highest BCUT2D eigenvalue weighted by Crippen LogP contribution is 2.26. The summed E-state index contributed by atoms with van der Waals surface area (Å²) < 4.78 is 5.45. The number of aromatic nitrogens is 4. The Hall–Kier alpha value is -6.20. The number of primary amides is 1. The highest BCUT2D eigenvalue weighted by Gasteiger charge is 2.27. The molecule has 0 saturated heterocycles. The molecule has 1 aliphatic rings. The van der Waals surface area contributed by atoms with Crippen LogP contribution in [0.5, 0.6) is 0 Å². The van der Waals surface area contributed by atoms with Crippen LogP contribution in [-0.4, -0.2) is 62.1 Å². The molecule has 0 spiro atoms. The first-order valence-electron chi connectivity index (χ1n) is 14.8. The van der Waals surface area contributed by atoms with E-state index in [-0.39, 0.29) is 29.6 Å². The van der Waals surface area contributed by atoms with Gasteiger partial charge in [0.1, 0.15) is 17.1 Å². The van der Waals surface area contributed by atoms with Gasteiger partial charge in [0, 0.05) is 25.7 Å². The number of hydrogen-bond acceptors (Lipinski definition) is 13. The fraction of sp³-hybridized carbons (Fsp3) is 0.219. The van der Waals surface area contributed by atoms with Gasteiger partial charge in [-0.2, -0.15) is 9.50 Å². The molecule has 0 aliphatic carbocycles. The number of anilines is 2. The van der Waals surface area contributed by atoms with Crippen LogP contribution >= 0.6 is 12.4 Å². The van der Waals surface area contributed by atoms with E-state index in [0.29, 0.717) is 36.4 Å². The lowest BCUT2D eigenvalue weighted by Gasteiger charge is -2.31. The minimum atomic E-state index is -1.40. The lowest BCUT2D eigenvalue weighted by molar-refractivity contribution is 0.0599. The van der Waals surface area contributed by atoms with Gasteiger partial charge in [0.15, 0.2) is 5.69 Å². The number of benzene rings is 2. The van der Waals surface area contributed by atoms with Crippen molar-refractivity contribution in [2.45, 2.75) is 32.5 Å². The van der Waals surface area contributed by atoms with Gasteiger partial charge < -0.3 is 37.3 Å². The maximum absolute atomic E-state index is 12.6. The van der Waals surface area contributed by atoms with Crippen molar-refractivity contribution in [1.82, 2.24) is 24.9 Å². The number of amides is 2. The summed E-state index contributed by atoms with van der Waals surface area (Å²) in [7, 11) is 1.27. The van der Waals surface area contributed by atoms with Crippen LogP contribution in [0.4, 0.5) is 11.4 Å². The average Bonchev–Trinajstić information content (AvgIpc) is 3.55. The first-order valence-corrected chi connectivity index (χ1v) is 14.8. The average molecular weight is 706 g/mol. The van der Waals surface area contributed by atoms with Crippen LogP contribution in [0.15, 0.2) is 58.1 Å². The second kappa shape index (κ2) is 14.9. The number of hydrogen-bond donors (Lipinski definition) is 5. The molecule has 0 saturated carbocycles. The quantitative estimate of drug-likeness (QED) is 0.109. The van der Waals surface area contributed by atoms with E-state index in [9.17, 15) is 33.9 Å². The van der Waals surface area contributed by atoms with Gasteiger partial charge in [0.25, 0.3) is 28.4 Å². The van der Waals surface area contributed by atoms with E-state index in [2.05, 4.69) is 37.3 Å². The molecule has 260 valence electrons. The number of carboxylic acids is 1. The molecule has 0 bridgehead atoms. The number of carbonyl (C=O) groups excluding carboxylic acids is 3. The smallest absolute Gasteiger partial charge is 0.354 e. The summed E-state index contributed by atoms with van der Waals surface area (Å²) in [6.07, 6.45) is 0.846. The predicted octanol–water partition coefficient (Wildman–Crippen LogP) is 0.507. The summed E-state index contributed by atoms with van der Waals surface area (Å²) in [5.41, 5.74) is 19.7. The molecule has 8 N–H and O–H groups in total. The van der Waals surface area contributed by atoms with Crippen molar-refractivity contribution in [2.75, 3.05) is 24.3 Å². The molecule has 18 heteroatoms. The highest BCUT2D eigenvalue weighted by atomic mass is 35.5. The second-order valence-corrected chi connectivity index (χ2v) is 11.1. The number of carbonyl (C=O) groups is 4. The van der Waals surface area contributed by atoms with Crippen LogP contribution in [0.3, 0.4) is 0 Å². The predicted molar refractivity (Wildman–Crippen MR) is 182 cm³/mol. The zero-order valence-corrected chi connectivity index (χ0v) is 27.5. The van der Waals surface area contributed by atoms with Crippen molar-refractivity contribution in [3.05, 3.63) is 114 Å². The number of aromatic carboxylic acids is 1. The first-order chi connectivity index (χ1) is 23.3. The van der Waals surface area contributed by atoms with E-state index < -0.39 is 52.2 Å². The summed E-state index contributed by atoms with van der Waals surface area (Å²) in [6, 6.07) is 13.1. The van der Waals surface area contributed by atoms with E-state index in [0.717, 1.165) is 28.1 Å². The number of methoxy groups -OCH3 is 1. The van der Waals surface area contributed by atoms with Crippen LogP contribution in [-0.2, 0) is 24.2 Å². The SMILES string of the molecule is COC(=O)c1ccc([C@H](C)NC(=O)c2cc(C(=O)O)n3nc(C(N)=O)nc3n2)cc1.Cl.NCc1ccc2c(c1)CN(c1c(N)c(=O)c1=O)CC2. The van der Waals surface area contributed by atoms with Crippen LogP contribution in [0.2, 0.25) is 0 Å². The van der Waals surface area contributed by atoms with E-state index in [1.165, 1.54) is 12.7 Å². The molecule has 50 heavy (non-hydrogen) atoms. The van der Waals surface area contributed by atoms with E-state index in [1.807, 2.05) is 11.0 Å². The summed E-state index contributed by atoms with van der Waals surface area (Å²) in [5, 5.41) is 15.8. The molecule has 0 unspecified atom stereocenters. The van der Waals surface area contributed by atoms with Gasteiger partial charge in [0.2, 0.25) is 5.82 Å². The third kappa shape index (κ3) is 7.27. The fourth-order valence-electron chi connectivity index (χ4n) is 5.26. The molecule has 3 heterocycles. The number of nitrogens with one attached hydrogen (secondary N) is 1. The van der Waals surface area contributed by atoms with E-state index >= 15 is 0 Å². The molecule has 6 rings (SSSR count). The van der Waals surface area contributed by atoms with Gasteiger partial charge in [-0.15, -0.1) is 17.5 Å². The summed E-state index contributed by atoms with van der Waals surface area (Å²) in [4.78, 5) is 79.2. The summed E-state index contributed by atoms with van der Waals surface area (Å²) in [5.74, 6) is -4.21. The number of esters is 1. The van der Waals surface area contributed by atoms with Gasteiger partial charge >= 0.3 is 11.9 Å². The molecule has 0 fully saturated rings. The number of halogens is 1. The van der Waals surface area contributed by atoms with Crippen molar-refractivity contribution in [1.29, 1.82) is 0 Å². The van der Waals surface area contributed by atoms with Crippen molar-refractivity contribution in [3.63, 3.8) is 0 Å². The van der Waals surface area contributed by atoms with Crippen LogP contribution < -0.4 is 38.3 Å². The number of nitrogen functional groups attached to an aromatic ring is 1. The molecule has 2 amide bonds. The van der Waals surface area contributed by atoms with Gasteiger partial charge in [0.05, 0.1) is 18.7 Å². The lowest BCUT2D eigenvalue weighted by atomic mass is 9.96. The van der Waals surface area contributed by atoms with Crippen molar-refractivity contribution < 1.29 is 29.0 Å². The Bertz CT molecular complexity index is 2190. The zero-order chi connectivity index (χ0) is 35.6. The second-order valence-electron chi connectivity index (χ2n) is 11.1. The number of fused-ring (bicyclic) bond motifs is 2. The Labute approximate surface area is 289 Å². The largest absolute Gasteiger partial charge is 0.477 e. The van der Waals surface area contributed by atoms with Crippen molar-refractivity contribution in [2.24, 2.45) is 11.5 Å². The Kier molecular flexibility index (Phi) is 10.9. The maximum atomic E-state index is 12.6. The Morgan fingerprint density at radius 1 is 1.02 bits per heavy atom. The van der Waals surface area contributed by atoms with E-state index in [4.69, 9.17) is 17.2 Å². The molecule has 17 nitrogen and oxygen atoms in total. The minimum absolute atomic E-state index is 0. The minimum Gasteiger partial charge on any atom is -0.477 e.